The van der Waals surface area contributed by atoms with Crippen LogP contribution >= 0.6 is 0 Å². The Labute approximate surface area is 200 Å². The molecule has 3 aromatic rings. The molecule has 0 fully saturated rings. The van der Waals surface area contributed by atoms with Gasteiger partial charge in [-0.3, -0.25) is 9.59 Å². The summed E-state index contributed by atoms with van der Waals surface area (Å²) in [5.41, 5.74) is 6.48. The van der Waals surface area contributed by atoms with E-state index in [0.717, 1.165) is 34.6 Å². The van der Waals surface area contributed by atoms with E-state index in [1.54, 1.807) is 37.5 Å². The Bertz CT molecular complexity index is 1270. The van der Waals surface area contributed by atoms with E-state index in [-0.39, 0.29) is 17.2 Å². The molecule has 1 heterocycles. The smallest absolute Gasteiger partial charge is 0.256 e. The molecule has 1 amide bonds. The summed E-state index contributed by atoms with van der Waals surface area (Å²) in [7, 11) is 1.64. The van der Waals surface area contributed by atoms with Crippen LogP contribution in [0.5, 0.6) is 5.75 Å². The number of hydrogen-bond donors (Lipinski definition) is 2. The van der Waals surface area contributed by atoms with Crippen LogP contribution in [0.25, 0.3) is 5.70 Å². The number of benzene rings is 3. The minimum atomic E-state index is -0.171. The summed E-state index contributed by atoms with van der Waals surface area (Å²) < 4.78 is 5.39. The summed E-state index contributed by atoms with van der Waals surface area (Å²) in [6.07, 6.45) is 2.50. The molecule has 1 aliphatic rings. The Morgan fingerprint density at radius 3 is 2.32 bits per heavy atom. The summed E-state index contributed by atoms with van der Waals surface area (Å²) in [6, 6.07) is 18.7. The predicted octanol–water partition coefficient (Wildman–Crippen LogP) is 5.71. The van der Waals surface area contributed by atoms with Gasteiger partial charge in [-0.25, -0.2) is 0 Å². The van der Waals surface area contributed by atoms with Crippen molar-refractivity contribution in [3.8, 4) is 5.75 Å². The third kappa shape index (κ3) is 4.88. The first-order valence-electron chi connectivity index (χ1n) is 11.4. The number of hydrogen-bond acceptors (Lipinski definition) is 4. The number of ketones is 1. The number of fused-ring (bicyclic) bond motifs is 1. The maximum Gasteiger partial charge on any atom is 0.256 e. The lowest BCUT2D eigenvalue weighted by Gasteiger charge is -2.35. The number of ether oxygens (including phenoxy) is 1. The second kappa shape index (κ2) is 9.18. The largest absolute Gasteiger partial charge is 0.497 e. The second-order valence-corrected chi connectivity index (χ2v) is 9.43. The second-order valence-electron chi connectivity index (χ2n) is 9.43. The van der Waals surface area contributed by atoms with Gasteiger partial charge in [0.25, 0.3) is 5.91 Å². The molecular weight excluding hydrogens is 424 g/mol. The van der Waals surface area contributed by atoms with Crippen LogP contribution in [0.3, 0.4) is 0 Å². The van der Waals surface area contributed by atoms with Crippen molar-refractivity contribution in [2.75, 3.05) is 12.4 Å². The van der Waals surface area contributed by atoms with Gasteiger partial charge in [-0.2, -0.15) is 0 Å². The van der Waals surface area contributed by atoms with Gasteiger partial charge in [0.2, 0.25) is 0 Å². The quantitative estimate of drug-likeness (QED) is 0.383. The Hall–Kier alpha value is -3.86. The molecule has 4 rings (SSSR count). The Balaban J connectivity index is 1.56. The summed E-state index contributed by atoms with van der Waals surface area (Å²) in [4.78, 5) is 25.9. The fraction of sp³-hybridized carbons (Fsp3) is 0.241. The Kier molecular flexibility index (Phi) is 6.29. The maximum absolute atomic E-state index is 13.1. The number of carbonyl (C=O) groups excluding carboxylic acids is 2. The van der Waals surface area contributed by atoms with E-state index >= 15 is 0 Å². The lowest BCUT2D eigenvalue weighted by molar-refractivity contribution is 0.102. The minimum Gasteiger partial charge on any atom is -0.497 e. The van der Waals surface area contributed by atoms with Crippen LogP contribution in [0.2, 0.25) is 0 Å². The topological polar surface area (TPSA) is 67.4 Å². The maximum atomic E-state index is 13.1. The highest BCUT2D eigenvalue weighted by Crippen LogP contribution is 2.32. The predicted molar refractivity (Wildman–Crippen MR) is 137 cm³/mol. The molecule has 0 saturated carbocycles. The van der Waals surface area contributed by atoms with Gasteiger partial charge in [-0.05, 0) is 87.2 Å². The first-order valence-corrected chi connectivity index (χ1v) is 11.4. The van der Waals surface area contributed by atoms with Crippen molar-refractivity contribution in [1.82, 2.24) is 5.32 Å². The molecule has 174 valence electrons. The number of methoxy groups -OCH3 is 1. The summed E-state index contributed by atoms with van der Waals surface area (Å²) >= 11 is 0. The van der Waals surface area contributed by atoms with Crippen molar-refractivity contribution in [1.29, 1.82) is 0 Å². The van der Waals surface area contributed by atoms with Crippen LogP contribution in [0.4, 0.5) is 5.69 Å². The van der Waals surface area contributed by atoms with E-state index in [1.165, 1.54) is 5.56 Å². The number of allylic oxidation sites excluding steroid dienone is 1. The van der Waals surface area contributed by atoms with Crippen molar-refractivity contribution >= 4 is 23.1 Å². The number of aryl methyl sites for hydroxylation is 2. The number of rotatable bonds is 5. The van der Waals surface area contributed by atoms with Gasteiger partial charge in [0.15, 0.2) is 5.78 Å². The average molecular weight is 455 g/mol. The standard InChI is InChI=1S/C29H30N2O3/c1-18-7-6-8-19(2)27(18)28(33)30-22-12-9-20(10-13-22)26(32)16-25-24-15-23(34-5)14-11-21(24)17-29(3,4)31-25/h6-16,31H,17H2,1-5H3,(H,30,33)/b25-16-. The molecule has 5 nitrogen and oxygen atoms in total. The highest BCUT2D eigenvalue weighted by atomic mass is 16.5. The Morgan fingerprint density at radius 1 is 1.00 bits per heavy atom. The van der Waals surface area contributed by atoms with Crippen LogP contribution in [0.1, 0.15) is 56.8 Å². The number of amides is 1. The van der Waals surface area contributed by atoms with E-state index in [2.05, 4.69) is 30.5 Å². The van der Waals surface area contributed by atoms with Gasteiger partial charge in [-0.15, -0.1) is 0 Å². The van der Waals surface area contributed by atoms with Crippen LogP contribution in [-0.2, 0) is 6.42 Å². The number of carbonyl (C=O) groups is 2. The third-order valence-electron chi connectivity index (χ3n) is 6.12. The van der Waals surface area contributed by atoms with Crippen molar-refractivity contribution < 1.29 is 14.3 Å². The first-order chi connectivity index (χ1) is 16.2. The molecule has 2 N–H and O–H groups in total. The molecule has 0 saturated heterocycles. The number of anilines is 1. The van der Waals surface area contributed by atoms with Crippen molar-refractivity contribution in [2.24, 2.45) is 0 Å². The minimum absolute atomic E-state index is 0.110. The summed E-state index contributed by atoms with van der Waals surface area (Å²) in [5, 5.41) is 6.43. The van der Waals surface area contributed by atoms with E-state index < -0.39 is 0 Å². The normalized spacial score (nSPS) is 15.3. The molecule has 0 unspecified atom stereocenters. The molecule has 0 radical (unpaired) electrons. The van der Waals surface area contributed by atoms with Crippen LogP contribution in [-0.4, -0.2) is 24.3 Å². The van der Waals surface area contributed by atoms with E-state index in [0.29, 0.717) is 16.8 Å². The number of nitrogens with one attached hydrogen (secondary N) is 2. The van der Waals surface area contributed by atoms with Crippen LogP contribution in [0, 0.1) is 13.8 Å². The molecule has 0 aromatic heterocycles. The molecule has 0 aliphatic carbocycles. The average Bonchev–Trinajstić information content (AvgIpc) is 2.78. The Morgan fingerprint density at radius 2 is 1.68 bits per heavy atom. The SMILES string of the molecule is COc1ccc2c(c1)/C(=C/C(=O)c1ccc(NC(=O)c3c(C)cccc3C)cc1)NC(C)(C)C2. The van der Waals surface area contributed by atoms with Gasteiger partial charge in [0, 0.05) is 39.7 Å². The molecule has 3 aromatic carbocycles. The molecule has 34 heavy (non-hydrogen) atoms. The monoisotopic (exact) mass is 454 g/mol. The molecular formula is C29H30N2O3. The first kappa shape index (κ1) is 23.3. The molecule has 0 atom stereocenters. The highest BCUT2D eigenvalue weighted by molar-refractivity contribution is 6.09. The van der Waals surface area contributed by atoms with Crippen LogP contribution < -0.4 is 15.4 Å². The lowest BCUT2D eigenvalue weighted by atomic mass is 9.85. The van der Waals surface area contributed by atoms with Crippen LogP contribution in [0.15, 0.2) is 66.7 Å². The summed E-state index contributed by atoms with van der Waals surface area (Å²) in [6.45, 7) is 8.08. The zero-order valence-electron chi connectivity index (χ0n) is 20.3. The highest BCUT2D eigenvalue weighted by Gasteiger charge is 2.28. The van der Waals surface area contributed by atoms with Gasteiger partial charge in [0.05, 0.1) is 7.11 Å². The zero-order chi connectivity index (χ0) is 24.5. The fourth-order valence-electron chi connectivity index (χ4n) is 4.45. The van der Waals surface area contributed by atoms with Crippen molar-refractivity contribution in [3.05, 3.63) is 100 Å². The lowest BCUT2D eigenvalue weighted by Crippen LogP contribution is -2.43. The van der Waals surface area contributed by atoms with Gasteiger partial charge < -0.3 is 15.4 Å². The van der Waals surface area contributed by atoms with Crippen molar-refractivity contribution in [3.63, 3.8) is 0 Å². The van der Waals surface area contributed by atoms with E-state index in [1.807, 2.05) is 44.2 Å². The van der Waals surface area contributed by atoms with E-state index in [4.69, 9.17) is 4.74 Å². The van der Waals surface area contributed by atoms with Gasteiger partial charge in [0.1, 0.15) is 5.75 Å². The van der Waals surface area contributed by atoms with E-state index in [9.17, 15) is 9.59 Å². The fourth-order valence-corrected chi connectivity index (χ4v) is 4.45. The molecule has 5 heteroatoms. The third-order valence-corrected chi connectivity index (χ3v) is 6.12. The molecule has 0 bridgehead atoms. The molecule has 0 spiro atoms. The van der Waals surface area contributed by atoms with Gasteiger partial charge >= 0.3 is 0 Å². The zero-order valence-corrected chi connectivity index (χ0v) is 20.3. The van der Waals surface area contributed by atoms with Crippen molar-refractivity contribution in [2.45, 2.75) is 39.7 Å². The van der Waals surface area contributed by atoms with Gasteiger partial charge in [-0.1, -0.05) is 24.3 Å². The molecule has 1 aliphatic heterocycles. The summed E-state index contributed by atoms with van der Waals surface area (Å²) in [5.74, 6) is 0.486.